The van der Waals surface area contributed by atoms with Gasteiger partial charge in [-0.2, -0.15) is 0 Å². The van der Waals surface area contributed by atoms with Crippen LogP contribution in [0.2, 0.25) is 0 Å². The Kier molecular flexibility index (Phi) is 6.34. The van der Waals surface area contributed by atoms with Gasteiger partial charge in [0.15, 0.2) is 0 Å². The van der Waals surface area contributed by atoms with E-state index < -0.39 is 0 Å². The molecule has 0 radical (unpaired) electrons. The maximum absolute atomic E-state index is 2.64. The van der Waals surface area contributed by atoms with Crippen LogP contribution in [0.15, 0.2) is 66.7 Å². The van der Waals surface area contributed by atoms with Gasteiger partial charge >= 0.3 is 0 Å². The van der Waals surface area contributed by atoms with E-state index in [0.717, 1.165) is 13.1 Å². The molecule has 0 saturated heterocycles. The predicted molar refractivity (Wildman–Crippen MR) is 130 cm³/mol. The lowest BCUT2D eigenvalue weighted by Crippen LogP contribution is -2.26. The van der Waals surface area contributed by atoms with E-state index in [4.69, 9.17) is 0 Å². The number of anilines is 1. The first-order chi connectivity index (χ1) is 14.3. The first kappa shape index (κ1) is 19.8. The van der Waals surface area contributed by atoms with Crippen LogP contribution in [0.4, 0.5) is 5.69 Å². The van der Waals surface area contributed by atoms with Crippen molar-refractivity contribution in [1.82, 2.24) is 0 Å². The molecule has 0 bridgehead atoms. The maximum Gasteiger partial charge on any atom is 0.0446 e. The second-order valence-electron chi connectivity index (χ2n) is 8.22. The zero-order valence-electron chi connectivity index (χ0n) is 18.0. The summed E-state index contributed by atoms with van der Waals surface area (Å²) in [7, 11) is 0. The summed E-state index contributed by atoms with van der Waals surface area (Å²) in [5.74, 6) is 0. The summed E-state index contributed by atoms with van der Waals surface area (Å²) >= 11 is 0. The molecule has 0 N–H and O–H groups in total. The van der Waals surface area contributed by atoms with Gasteiger partial charge in [0, 0.05) is 24.2 Å². The fourth-order valence-corrected chi connectivity index (χ4v) is 4.57. The van der Waals surface area contributed by atoms with Crippen LogP contribution in [0.5, 0.6) is 0 Å². The lowest BCUT2D eigenvalue weighted by atomic mass is 9.96. The van der Waals surface area contributed by atoms with Crippen LogP contribution < -0.4 is 4.90 Å². The highest BCUT2D eigenvalue weighted by Crippen LogP contribution is 2.35. The van der Waals surface area contributed by atoms with Crippen molar-refractivity contribution in [2.24, 2.45) is 0 Å². The van der Waals surface area contributed by atoms with Gasteiger partial charge < -0.3 is 4.90 Å². The summed E-state index contributed by atoms with van der Waals surface area (Å²) < 4.78 is 0. The van der Waals surface area contributed by atoms with Crippen LogP contribution in [0.1, 0.15) is 52.4 Å². The summed E-state index contributed by atoms with van der Waals surface area (Å²) in [6.07, 6.45) is 7.72. The fourth-order valence-electron chi connectivity index (χ4n) is 4.57. The second kappa shape index (κ2) is 9.31. The van der Waals surface area contributed by atoms with Crippen LogP contribution >= 0.6 is 0 Å². The Morgan fingerprint density at radius 3 is 1.86 bits per heavy atom. The third-order valence-electron chi connectivity index (χ3n) is 6.16. The van der Waals surface area contributed by atoms with Crippen molar-refractivity contribution < 1.29 is 0 Å². The highest BCUT2D eigenvalue weighted by molar-refractivity contribution is 6.19. The van der Waals surface area contributed by atoms with Crippen LogP contribution in [0, 0.1) is 0 Å². The van der Waals surface area contributed by atoms with E-state index >= 15 is 0 Å². The van der Waals surface area contributed by atoms with Crippen LogP contribution in [-0.2, 0) is 0 Å². The van der Waals surface area contributed by atoms with Gasteiger partial charge in [-0.3, -0.25) is 0 Å². The number of benzene rings is 4. The number of rotatable bonds is 9. The van der Waals surface area contributed by atoms with Gasteiger partial charge in [0.25, 0.3) is 0 Å². The molecule has 0 heterocycles. The molecule has 1 heteroatoms. The van der Waals surface area contributed by atoms with E-state index in [0.29, 0.717) is 0 Å². The van der Waals surface area contributed by atoms with Crippen molar-refractivity contribution in [3.05, 3.63) is 66.7 Å². The number of nitrogens with zero attached hydrogens (tertiary/aromatic N) is 1. The van der Waals surface area contributed by atoms with E-state index in [-0.39, 0.29) is 0 Å². The molecule has 0 spiro atoms. The standard InChI is InChI=1S/C28H33N/c1-3-5-9-20-29(21-10-6-4-2)28-15-11-14-24-26-17-16-22-12-7-8-13-23(22)25(26)18-19-27(24)28/h7-8,11-19H,3-6,9-10,20-21H2,1-2H3. The number of fused-ring (bicyclic) bond motifs is 5. The summed E-state index contributed by atoms with van der Waals surface area (Å²) in [6, 6.07) is 24.9. The predicted octanol–water partition coefficient (Wildman–Crippen LogP) is 8.33. The molecule has 0 fully saturated rings. The Morgan fingerprint density at radius 2 is 1.10 bits per heavy atom. The van der Waals surface area contributed by atoms with Crippen molar-refractivity contribution in [2.75, 3.05) is 18.0 Å². The molecule has 150 valence electrons. The number of hydrogen-bond donors (Lipinski definition) is 0. The molecule has 0 amide bonds. The van der Waals surface area contributed by atoms with Crippen molar-refractivity contribution in [3.63, 3.8) is 0 Å². The average Bonchev–Trinajstić information content (AvgIpc) is 2.77. The van der Waals surface area contributed by atoms with Gasteiger partial charge in [-0.1, -0.05) is 100 Å². The molecule has 0 atom stereocenters. The summed E-state index contributed by atoms with van der Waals surface area (Å²) in [5, 5.41) is 8.16. The van der Waals surface area contributed by atoms with Gasteiger partial charge in [-0.05, 0) is 45.8 Å². The first-order valence-corrected chi connectivity index (χ1v) is 11.4. The van der Waals surface area contributed by atoms with Crippen molar-refractivity contribution in [3.8, 4) is 0 Å². The highest BCUT2D eigenvalue weighted by Gasteiger charge is 2.12. The minimum atomic E-state index is 1.16. The summed E-state index contributed by atoms with van der Waals surface area (Å²) in [5.41, 5.74) is 1.41. The largest absolute Gasteiger partial charge is 0.371 e. The fraction of sp³-hybridized carbons (Fsp3) is 0.357. The molecule has 4 aromatic carbocycles. The Balaban J connectivity index is 1.80. The van der Waals surface area contributed by atoms with E-state index in [9.17, 15) is 0 Å². The van der Waals surface area contributed by atoms with Gasteiger partial charge in [0.1, 0.15) is 0 Å². The van der Waals surface area contributed by atoms with E-state index in [1.165, 1.54) is 76.5 Å². The van der Waals surface area contributed by atoms with Gasteiger partial charge in [0.2, 0.25) is 0 Å². The average molecular weight is 384 g/mol. The van der Waals surface area contributed by atoms with Crippen LogP contribution in [-0.4, -0.2) is 13.1 Å². The Labute approximate surface area is 175 Å². The summed E-state index contributed by atoms with van der Waals surface area (Å²) in [4.78, 5) is 2.64. The normalized spacial score (nSPS) is 11.5. The minimum Gasteiger partial charge on any atom is -0.371 e. The molecule has 4 aromatic rings. The lowest BCUT2D eigenvalue weighted by molar-refractivity contribution is 0.638. The number of unbranched alkanes of at least 4 members (excludes halogenated alkanes) is 4. The van der Waals surface area contributed by atoms with Crippen LogP contribution in [0.3, 0.4) is 0 Å². The van der Waals surface area contributed by atoms with Crippen molar-refractivity contribution >= 4 is 38.0 Å². The highest BCUT2D eigenvalue weighted by atomic mass is 15.1. The number of hydrogen-bond acceptors (Lipinski definition) is 1. The van der Waals surface area contributed by atoms with E-state index in [1.807, 2.05) is 0 Å². The zero-order valence-corrected chi connectivity index (χ0v) is 18.0. The topological polar surface area (TPSA) is 3.24 Å². The first-order valence-electron chi connectivity index (χ1n) is 11.4. The summed E-state index contributed by atoms with van der Waals surface area (Å²) in [6.45, 7) is 6.89. The zero-order chi connectivity index (χ0) is 20.1. The van der Waals surface area contributed by atoms with Gasteiger partial charge in [-0.15, -0.1) is 0 Å². The Bertz CT molecular complexity index is 1090. The van der Waals surface area contributed by atoms with E-state index in [1.54, 1.807) is 0 Å². The molecule has 1 nitrogen and oxygen atoms in total. The molecule has 0 aromatic heterocycles. The minimum absolute atomic E-state index is 1.16. The lowest BCUT2D eigenvalue weighted by Gasteiger charge is -2.27. The van der Waals surface area contributed by atoms with Crippen molar-refractivity contribution in [2.45, 2.75) is 52.4 Å². The molecule has 0 aliphatic rings. The molecule has 4 rings (SSSR count). The molecule has 0 unspecified atom stereocenters. The molecule has 0 aliphatic carbocycles. The van der Waals surface area contributed by atoms with Gasteiger partial charge in [0.05, 0.1) is 0 Å². The second-order valence-corrected chi connectivity index (χ2v) is 8.22. The quantitative estimate of drug-likeness (QED) is 0.207. The Hall–Kier alpha value is -2.54. The SMILES string of the molecule is CCCCCN(CCCCC)c1cccc2c1ccc1c3ccccc3ccc21. The monoisotopic (exact) mass is 383 g/mol. The smallest absolute Gasteiger partial charge is 0.0446 e. The third-order valence-corrected chi connectivity index (χ3v) is 6.16. The van der Waals surface area contributed by atoms with Crippen molar-refractivity contribution in [1.29, 1.82) is 0 Å². The van der Waals surface area contributed by atoms with Gasteiger partial charge in [-0.25, -0.2) is 0 Å². The Morgan fingerprint density at radius 1 is 0.517 bits per heavy atom. The maximum atomic E-state index is 2.64. The van der Waals surface area contributed by atoms with Crippen LogP contribution in [0.25, 0.3) is 32.3 Å². The molecule has 29 heavy (non-hydrogen) atoms. The molecule has 0 saturated carbocycles. The van der Waals surface area contributed by atoms with E-state index in [2.05, 4.69) is 85.5 Å². The molecule has 0 aliphatic heterocycles. The molecular formula is C28H33N. The third kappa shape index (κ3) is 4.10. The molecular weight excluding hydrogens is 350 g/mol.